The number of hydrogen-bond donors (Lipinski definition) is 3. The van der Waals surface area contributed by atoms with Gasteiger partial charge in [0.25, 0.3) is 5.56 Å². The van der Waals surface area contributed by atoms with Crippen LogP contribution in [0.2, 0.25) is 4.34 Å². The summed E-state index contributed by atoms with van der Waals surface area (Å²) in [5.41, 5.74) is 2.32. The Hall–Kier alpha value is -2.76. The minimum Gasteiger partial charge on any atom is -0.507 e. The summed E-state index contributed by atoms with van der Waals surface area (Å²) in [4.78, 5) is 15.8. The van der Waals surface area contributed by atoms with Crippen LogP contribution in [-0.2, 0) is 0 Å². The van der Waals surface area contributed by atoms with Crippen LogP contribution in [0.15, 0.2) is 53.3 Å². The number of rotatable bonds is 2. The van der Waals surface area contributed by atoms with Crippen LogP contribution in [0, 0.1) is 6.92 Å². The number of pyridine rings is 1. The van der Waals surface area contributed by atoms with Gasteiger partial charge in [0.1, 0.15) is 20.7 Å². The first kappa shape index (κ1) is 16.7. The Morgan fingerprint density at radius 2 is 1.77 bits per heavy atom. The zero-order valence-corrected chi connectivity index (χ0v) is 15.3. The molecule has 0 saturated heterocycles. The highest BCUT2D eigenvalue weighted by atomic mass is 35.5. The van der Waals surface area contributed by atoms with Crippen LogP contribution >= 0.6 is 22.9 Å². The molecule has 2 aromatic heterocycles. The molecule has 0 unspecified atom stereocenters. The van der Waals surface area contributed by atoms with Crippen LogP contribution in [0.3, 0.4) is 0 Å². The van der Waals surface area contributed by atoms with Gasteiger partial charge in [-0.3, -0.25) is 4.79 Å². The quantitative estimate of drug-likeness (QED) is 0.440. The fourth-order valence-electron chi connectivity index (χ4n) is 3.08. The molecule has 0 aliphatic carbocycles. The van der Waals surface area contributed by atoms with Crippen molar-refractivity contribution in [3.8, 4) is 33.8 Å². The van der Waals surface area contributed by atoms with Crippen molar-refractivity contribution in [1.82, 2.24) is 4.98 Å². The van der Waals surface area contributed by atoms with E-state index in [0.717, 1.165) is 16.9 Å². The average molecular weight is 384 g/mol. The van der Waals surface area contributed by atoms with E-state index < -0.39 is 5.56 Å². The van der Waals surface area contributed by atoms with Gasteiger partial charge in [0.05, 0.1) is 10.9 Å². The van der Waals surface area contributed by atoms with Gasteiger partial charge in [-0.1, -0.05) is 54.1 Å². The van der Waals surface area contributed by atoms with E-state index in [4.69, 9.17) is 11.6 Å². The van der Waals surface area contributed by atoms with Gasteiger partial charge >= 0.3 is 0 Å². The third-order valence-electron chi connectivity index (χ3n) is 4.28. The first-order valence-electron chi connectivity index (χ1n) is 7.90. The number of benzene rings is 2. The van der Waals surface area contributed by atoms with Crippen molar-refractivity contribution in [2.24, 2.45) is 0 Å². The number of aromatic hydroxyl groups is 2. The number of hydrogen-bond acceptors (Lipinski definition) is 4. The molecule has 26 heavy (non-hydrogen) atoms. The molecule has 3 N–H and O–H groups in total. The Kier molecular flexibility index (Phi) is 3.98. The van der Waals surface area contributed by atoms with Gasteiger partial charge in [0.15, 0.2) is 0 Å². The zero-order chi connectivity index (χ0) is 18.4. The lowest BCUT2D eigenvalue weighted by atomic mass is 9.99. The molecule has 0 bridgehead atoms. The molecule has 0 aliphatic rings. The molecule has 4 aromatic rings. The fourth-order valence-corrected chi connectivity index (χ4v) is 4.45. The molecule has 4 rings (SSSR count). The third-order valence-corrected chi connectivity index (χ3v) is 5.59. The first-order chi connectivity index (χ1) is 12.5. The molecular formula is C20H14ClNO3S. The summed E-state index contributed by atoms with van der Waals surface area (Å²) in [6.45, 7) is 1.87. The minimum absolute atomic E-state index is 0.0680. The maximum atomic E-state index is 12.5. The maximum absolute atomic E-state index is 12.5. The van der Waals surface area contributed by atoms with E-state index in [1.165, 1.54) is 0 Å². The van der Waals surface area contributed by atoms with E-state index in [9.17, 15) is 15.0 Å². The van der Waals surface area contributed by atoms with Crippen LogP contribution < -0.4 is 5.56 Å². The molecule has 2 heterocycles. The molecule has 0 fully saturated rings. The maximum Gasteiger partial charge on any atom is 0.260 e. The lowest BCUT2D eigenvalue weighted by molar-refractivity contribution is 0.476. The molecule has 130 valence electrons. The summed E-state index contributed by atoms with van der Waals surface area (Å²) >= 11 is 7.57. The number of halogens is 1. The first-order valence-corrected chi connectivity index (χ1v) is 9.09. The van der Waals surface area contributed by atoms with Gasteiger partial charge in [0.2, 0.25) is 0 Å². The summed E-state index contributed by atoms with van der Waals surface area (Å²) < 4.78 is 0.385. The van der Waals surface area contributed by atoms with Crippen LogP contribution in [0.4, 0.5) is 0 Å². The number of fused-ring (bicyclic) bond motifs is 1. The molecule has 0 atom stereocenters. The van der Waals surface area contributed by atoms with Crippen molar-refractivity contribution in [3.63, 3.8) is 0 Å². The van der Waals surface area contributed by atoms with E-state index in [0.29, 0.717) is 31.2 Å². The number of H-pyrrole nitrogens is 1. The van der Waals surface area contributed by atoms with Crippen molar-refractivity contribution in [3.05, 3.63) is 68.8 Å². The second-order valence-electron chi connectivity index (χ2n) is 6.02. The molecule has 6 heteroatoms. The standard InChI is InChI=1S/C20H14ClNO3S/c1-10-7-8-12(13(23)9-10)15-16-17(24)14(11-5-3-2-4-6-11)19(25)22-20(16)26-18(15)21/h2-9,23H,1H3,(H2,22,24,25). The molecular weight excluding hydrogens is 370 g/mol. The van der Waals surface area contributed by atoms with E-state index in [1.54, 1.807) is 36.4 Å². The van der Waals surface area contributed by atoms with Crippen LogP contribution in [0.1, 0.15) is 5.56 Å². The van der Waals surface area contributed by atoms with Gasteiger partial charge < -0.3 is 15.2 Å². The lowest BCUT2D eigenvalue weighted by Gasteiger charge is -2.09. The predicted octanol–water partition coefficient (Wildman–Crippen LogP) is 5.30. The summed E-state index contributed by atoms with van der Waals surface area (Å²) in [5.74, 6) is -0.0773. The van der Waals surface area contributed by atoms with E-state index in [2.05, 4.69) is 4.98 Å². The SMILES string of the molecule is Cc1ccc(-c2c(Cl)sc3[nH]c(=O)c(-c4ccccc4)c(O)c23)c(O)c1. The Labute approximate surface area is 158 Å². The van der Waals surface area contributed by atoms with E-state index in [-0.39, 0.29) is 17.1 Å². The topological polar surface area (TPSA) is 73.3 Å². The highest BCUT2D eigenvalue weighted by Crippen LogP contribution is 2.48. The number of aryl methyl sites for hydroxylation is 1. The number of aromatic nitrogens is 1. The second kappa shape index (κ2) is 6.20. The number of phenols is 1. The lowest BCUT2D eigenvalue weighted by Crippen LogP contribution is -2.08. The summed E-state index contributed by atoms with van der Waals surface area (Å²) in [6.07, 6.45) is 0. The molecule has 0 amide bonds. The Balaban J connectivity index is 2.10. The molecule has 4 nitrogen and oxygen atoms in total. The van der Waals surface area contributed by atoms with Crippen molar-refractivity contribution in [1.29, 1.82) is 0 Å². The van der Waals surface area contributed by atoms with Gasteiger partial charge in [-0.2, -0.15) is 0 Å². The average Bonchev–Trinajstić information content (AvgIpc) is 2.92. The second-order valence-corrected chi connectivity index (χ2v) is 7.64. The smallest absolute Gasteiger partial charge is 0.260 e. The van der Waals surface area contributed by atoms with Gasteiger partial charge in [-0.25, -0.2) is 0 Å². The molecule has 0 saturated carbocycles. The molecule has 2 aromatic carbocycles. The predicted molar refractivity (Wildman–Crippen MR) is 106 cm³/mol. The van der Waals surface area contributed by atoms with Crippen molar-refractivity contribution in [2.45, 2.75) is 6.92 Å². The fraction of sp³-hybridized carbons (Fsp3) is 0.0500. The molecule has 0 aliphatic heterocycles. The van der Waals surface area contributed by atoms with Gasteiger partial charge in [-0.05, 0) is 24.1 Å². The van der Waals surface area contributed by atoms with Crippen LogP contribution in [0.25, 0.3) is 32.5 Å². The monoisotopic (exact) mass is 383 g/mol. The van der Waals surface area contributed by atoms with Crippen LogP contribution in [-0.4, -0.2) is 15.2 Å². The number of thiophene rings is 1. The zero-order valence-electron chi connectivity index (χ0n) is 13.7. The molecule has 0 radical (unpaired) electrons. The Morgan fingerprint density at radius 3 is 2.46 bits per heavy atom. The molecule has 0 spiro atoms. The summed E-state index contributed by atoms with van der Waals surface area (Å²) in [7, 11) is 0. The normalized spacial score (nSPS) is 11.2. The highest BCUT2D eigenvalue weighted by Gasteiger charge is 2.23. The summed E-state index contributed by atoms with van der Waals surface area (Å²) in [5, 5.41) is 21.7. The number of nitrogens with one attached hydrogen (secondary N) is 1. The van der Waals surface area contributed by atoms with Crippen molar-refractivity contribution >= 4 is 33.2 Å². The van der Waals surface area contributed by atoms with Gasteiger partial charge in [0, 0.05) is 11.1 Å². The van der Waals surface area contributed by atoms with Crippen LogP contribution in [0.5, 0.6) is 11.5 Å². The van der Waals surface area contributed by atoms with Crippen molar-refractivity contribution in [2.75, 3.05) is 0 Å². The Bertz CT molecular complexity index is 1200. The van der Waals surface area contributed by atoms with Gasteiger partial charge in [-0.15, -0.1) is 11.3 Å². The van der Waals surface area contributed by atoms with E-state index in [1.807, 2.05) is 19.1 Å². The number of aromatic amines is 1. The Morgan fingerprint density at radius 1 is 1.04 bits per heavy atom. The number of phenolic OH excluding ortho intramolecular Hbond substituents is 1. The van der Waals surface area contributed by atoms with E-state index >= 15 is 0 Å². The minimum atomic E-state index is -0.390. The third kappa shape index (κ3) is 2.57. The summed E-state index contributed by atoms with van der Waals surface area (Å²) in [6, 6.07) is 14.2. The van der Waals surface area contributed by atoms with Crippen molar-refractivity contribution < 1.29 is 10.2 Å². The highest BCUT2D eigenvalue weighted by molar-refractivity contribution is 7.23. The largest absolute Gasteiger partial charge is 0.507 e.